The smallest absolute Gasteiger partial charge is 0.209 e. The van der Waals surface area contributed by atoms with Gasteiger partial charge in [-0.25, -0.2) is 4.68 Å². The number of aryl methyl sites for hydroxylation is 1. The van der Waals surface area contributed by atoms with Gasteiger partial charge in [0, 0.05) is 24.1 Å². The minimum atomic E-state index is 0.0341. The molecule has 0 aliphatic carbocycles. The van der Waals surface area contributed by atoms with E-state index in [0.717, 1.165) is 17.9 Å². The highest BCUT2D eigenvalue weighted by Crippen LogP contribution is 2.19. The molecule has 0 aliphatic heterocycles. The van der Waals surface area contributed by atoms with E-state index in [1.165, 1.54) is 11.8 Å². The fourth-order valence-corrected chi connectivity index (χ4v) is 2.15. The first kappa shape index (κ1) is 12.1. The van der Waals surface area contributed by atoms with Gasteiger partial charge in [-0.15, -0.1) is 5.10 Å². The van der Waals surface area contributed by atoms with Gasteiger partial charge in [-0.2, -0.15) is 5.10 Å². The summed E-state index contributed by atoms with van der Waals surface area (Å²) in [6.45, 7) is 3.37. The van der Waals surface area contributed by atoms with Crippen LogP contribution >= 0.6 is 11.8 Å². The molecule has 2 aromatic heterocycles. The normalized spacial score (nSPS) is 10.9. The molecular weight excluding hydrogens is 240 g/mol. The van der Waals surface area contributed by atoms with E-state index >= 15 is 0 Å². The molecule has 8 heteroatoms. The van der Waals surface area contributed by atoms with E-state index in [2.05, 4.69) is 20.6 Å². The van der Waals surface area contributed by atoms with Crippen LogP contribution in [-0.2, 0) is 18.8 Å². The molecule has 2 aromatic rings. The zero-order chi connectivity index (χ0) is 12.1. The van der Waals surface area contributed by atoms with Crippen molar-refractivity contribution in [2.75, 3.05) is 6.61 Å². The van der Waals surface area contributed by atoms with Crippen LogP contribution in [0.25, 0.3) is 0 Å². The average Bonchev–Trinajstić information content (AvgIpc) is 2.95. The van der Waals surface area contributed by atoms with Gasteiger partial charge in [-0.05, 0) is 17.4 Å². The third-order valence-electron chi connectivity index (χ3n) is 2.19. The largest absolute Gasteiger partial charge is 0.394 e. The molecule has 17 heavy (non-hydrogen) atoms. The second-order valence-electron chi connectivity index (χ2n) is 3.40. The first-order chi connectivity index (χ1) is 8.33. The molecule has 0 unspecified atom stereocenters. The minimum absolute atomic E-state index is 0.0341. The molecule has 0 aliphatic rings. The fourth-order valence-electron chi connectivity index (χ4n) is 1.34. The van der Waals surface area contributed by atoms with E-state index in [9.17, 15) is 0 Å². The van der Waals surface area contributed by atoms with E-state index in [0.29, 0.717) is 11.7 Å². The summed E-state index contributed by atoms with van der Waals surface area (Å²) in [6, 6.07) is 0. The molecule has 0 saturated heterocycles. The molecule has 0 amide bonds. The van der Waals surface area contributed by atoms with Gasteiger partial charge in [0.25, 0.3) is 0 Å². The van der Waals surface area contributed by atoms with Crippen molar-refractivity contribution in [3.63, 3.8) is 0 Å². The van der Waals surface area contributed by atoms with Crippen LogP contribution in [0, 0.1) is 0 Å². The van der Waals surface area contributed by atoms with Crippen LogP contribution in [0.3, 0.4) is 0 Å². The molecule has 2 heterocycles. The van der Waals surface area contributed by atoms with Crippen molar-refractivity contribution in [2.45, 2.75) is 30.9 Å². The highest BCUT2D eigenvalue weighted by Gasteiger charge is 2.07. The van der Waals surface area contributed by atoms with Gasteiger partial charge in [-0.1, -0.05) is 11.8 Å². The Labute approximate surface area is 103 Å². The van der Waals surface area contributed by atoms with Crippen LogP contribution in [0.2, 0.25) is 0 Å². The predicted molar refractivity (Wildman–Crippen MR) is 62.4 cm³/mol. The summed E-state index contributed by atoms with van der Waals surface area (Å²) in [5.41, 5.74) is 1.13. The predicted octanol–water partition coefficient (Wildman–Crippen LogP) is 0.174. The number of tetrazole rings is 1. The average molecular weight is 254 g/mol. The molecule has 0 saturated carbocycles. The van der Waals surface area contributed by atoms with Crippen molar-refractivity contribution in [2.24, 2.45) is 0 Å². The van der Waals surface area contributed by atoms with Crippen LogP contribution in [0.5, 0.6) is 0 Å². The Balaban J connectivity index is 1.94. The molecule has 0 bridgehead atoms. The van der Waals surface area contributed by atoms with Crippen molar-refractivity contribution in [1.29, 1.82) is 0 Å². The highest BCUT2D eigenvalue weighted by atomic mass is 32.2. The molecular formula is C9H14N6OS. The molecule has 0 radical (unpaired) electrons. The Kier molecular flexibility index (Phi) is 4.10. The van der Waals surface area contributed by atoms with Crippen LogP contribution in [0.15, 0.2) is 17.6 Å². The number of hydrogen-bond donors (Lipinski definition) is 1. The Bertz CT molecular complexity index is 468. The lowest BCUT2D eigenvalue weighted by atomic mass is 10.4. The maximum atomic E-state index is 8.84. The maximum Gasteiger partial charge on any atom is 0.209 e. The Morgan fingerprint density at radius 1 is 1.47 bits per heavy atom. The fraction of sp³-hybridized carbons (Fsp3) is 0.556. The number of nitrogens with zero attached hydrogens (tertiary/aromatic N) is 6. The van der Waals surface area contributed by atoms with Gasteiger partial charge >= 0.3 is 0 Å². The number of aliphatic hydroxyl groups is 1. The number of thioether (sulfide) groups is 1. The lowest BCUT2D eigenvalue weighted by Gasteiger charge is -2.00. The second kappa shape index (κ2) is 5.78. The summed E-state index contributed by atoms with van der Waals surface area (Å²) in [5.74, 6) is 0.770. The van der Waals surface area contributed by atoms with Crippen LogP contribution < -0.4 is 0 Å². The molecule has 92 valence electrons. The van der Waals surface area contributed by atoms with E-state index in [1.807, 2.05) is 24.0 Å². The topological polar surface area (TPSA) is 81.7 Å². The van der Waals surface area contributed by atoms with Crippen molar-refractivity contribution < 1.29 is 5.11 Å². The zero-order valence-corrected chi connectivity index (χ0v) is 10.3. The molecule has 0 atom stereocenters. The number of aromatic nitrogens is 6. The van der Waals surface area contributed by atoms with Gasteiger partial charge in [0.1, 0.15) is 0 Å². The number of aliphatic hydroxyl groups excluding tert-OH is 1. The van der Waals surface area contributed by atoms with Gasteiger partial charge in [0.05, 0.1) is 19.3 Å². The van der Waals surface area contributed by atoms with Crippen molar-refractivity contribution in [3.05, 3.63) is 18.0 Å². The molecule has 7 nitrogen and oxygen atoms in total. The number of hydrogen-bond acceptors (Lipinski definition) is 6. The lowest BCUT2D eigenvalue weighted by Crippen LogP contribution is -2.05. The first-order valence-corrected chi connectivity index (χ1v) is 6.33. The Hall–Kier alpha value is -1.41. The van der Waals surface area contributed by atoms with Gasteiger partial charge < -0.3 is 5.11 Å². The van der Waals surface area contributed by atoms with Crippen LogP contribution in [-0.4, -0.2) is 41.7 Å². The zero-order valence-electron chi connectivity index (χ0n) is 9.52. The summed E-state index contributed by atoms with van der Waals surface area (Å²) in [5, 5.41) is 25.0. The highest BCUT2D eigenvalue weighted by molar-refractivity contribution is 7.98. The quantitative estimate of drug-likeness (QED) is 0.740. The molecule has 0 fully saturated rings. The van der Waals surface area contributed by atoms with E-state index in [1.54, 1.807) is 4.68 Å². The summed E-state index contributed by atoms with van der Waals surface area (Å²) in [4.78, 5) is 0. The molecule has 2 rings (SSSR count). The SMILES string of the molecule is CCn1cc(CSc2nnnn2CCO)cn1. The number of rotatable bonds is 6. The lowest BCUT2D eigenvalue weighted by molar-refractivity contribution is 0.262. The summed E-state index contributed by atoms with van der Waals surface area (Å²) < 4.78 is 3.47. The summed E-state index contributed by atoms with van der Waals surface area (Å²) >= 11 is 1.53. The van der Waals surface area contributed by atoms with Crippen LogP contribution in [0.4, 0.5) is 0 Å². The van der Waals surface area contributed by atoms with Crippen molar-refractivity contribution >= 4 is 11.8 Å². The van der Waals surface area contributed by atoms with Gasteiger partial charge in [-0.3, -0.25) is 4.68 Å². The molecule has 0 spiro atoms. The third kappa shape index (κ3) is 3.04. The van der Waals surface area contributed by atoms with E-state index in [4.69, 9.17) is 5.11 Å². The van der Waals surface area contributed by atoms with Crippen LogP contribution in [0.1, 0.15) is 12.5 Å². The van der Waals surface area contributed by atoms with Crippen molar-refractivity contribution in [1.82, 2.24) is 30.0 Å². The van der Waals surface area contributed by atoms with E-state index in [-0.39, 0.29) is 6.61 Å². The monoisotopic (exact) mass is 254 g/mol. The van der Waals surface area contributed by atoms with Crippen molar-refractivity contribution in [3.8, 4) is 0 Å². The second-order valence-corrected chi connectivity index (χ2v) is 4.34. The van der Waals surface area contributed by atoms with Gasteiger partial charge in [0.2, 0.25) is 5.16 Å². The van der Waals surface area contributed by atoms with E-state index < -0.39 is 0 Å². The molecule has 1 N–H and O–H groups in total. The Morgan fingerprint density at radius 2 is 2.35 bits per heavy atom. The standard InChI is InChI=1S/C9H14N6OS/c1-2-14-6-8(5-10-14)7-17-9-11-12-13-15(9)3-4-16/h5-6,16H,2-4,7H2,1H3. The maximum absolute atomic E-state index is 8.84. The summed E-state index contributed by atoms with van der Waals surface area (Å²) in [6.07, 6.45) is 3.85. The molecule has 0 aromatic carbocycles. The third-order valence-corrected chi connectivity index (χ3v) is 3.22. The van der Waals surface area contributed by atoms with Gasteiger partial charge in [0.15, 0.2) is 0 Å². The summed E-state index contributed by atoms with van der Waals surface area (Å²) in [7, 11) is 0. The minimum Gasteiger partial charge on any atom is -0.394 e. The Morgan fingerprint density at radius 3 is 3.06 bits per heavy atom. The first-order valence-electron chi connectivity index (χ1n) is 5.34.